The van der Waals surface area contributed by atoms with Crippen LogP contribution in [0, 0.1) is 0 Å². The van der Waals surface area contributed by atoms with Crippen LogP contribution in [0.2, 0.25) is 0 Å². The molecule has 0 aromatic carbocycles. The van der Waals surface area contributed by atoms with Crippen molar-refractivity contribution in [2.45, 2.75) is 89.9 Å². The molecule has 1 aliphatic carbocycles. The second kappa shape index (κ2) is 7.81. The third-order valence-corrected chi connectivity index (χ3v) is 4.30. The maximum Gasteiger partial charge on any atom is 0.407 e. The van der Waals surface area contributed by atoms with Gasteiger partial charge in [0.1, 0.15) is 5.60 Å². The van der Waals surface area contributed by atoms with Crippen molar-refractivity contribution in [1.82, 2.24) is 10.6 Å². The van der Waals surface area contributed by atoms with Crippen LogP contribution in [0.4, 0.5) is 4.79 Å². The summed E-state index contributed by atoms with van der Waals surface area (Å²) in [5.41, 5.74) is -0.482. The quantitative estimate of drug-likeness (QED) is 0.782. The van der Waals surface area contributed by atoms with Gasteiger partial charge in [-0.2, -0.15) is 0 Å². The van der Waals surface area contributed by atoms with Gasteiger partial charge in [-0.15, -0.1) is 0 Å². The minimum atomic E-state index is -0.482. The van der Waals surface area contributed by atoms with Crippen LogP contribution >= 0.6 is 0 Å². The van der Waals surface area contributed by atoms with E-state index in [1.807, 2.05) is 27.7 Å². The van der Waals surface area contributed by atoms with Gasteiger partial charge in [-0.05, 0) is 53.9 Å². The lowest BCUT2D eigenvalue weighted by atomic mass is 9.82. The van der Waals surface area contributed by atoms with Gasteiger partial charge in [0.2, 0.25) is 0 Å². The van der Waals surface area contributed by atoms with Crippen molar-refractivity contribution in [3.05, 3.63) is 0 Å². The molecule has 0 bridgehead atoms. The molecule has 0 radical (unpaired) electrons. The van der Waals surface area contributed by atoms with Gasteiger partial charge >= 0.3 is 6.09 Å². The molecule has 5 atom stereocenters. The van der Waals surface area contributed by atoms with E-state index in [0.717, 1.165) is 25.8 Å². The van der Waals surface area contributed by atoms with E-state index in [4.69, 9.17) is 14.2 Å². The van der Waals surface area contributed by atoms with E-state index >= 15 is 0 Å². The molecule has 0 aromatic rings. The van der Waals surface area contributed by atoms with Crippen LogP contribution in [0.5, 0.6) is 0 Å². The molecule has 134 valence electrons. The van der Waals surface area contributed by atoms with Crippen LogP contribution in [-0.4, -0.2) is 55.2 Å². The van der Waals surface area contributed by atoms with Crippen LogP contribution in [0.3, 0.4) is 0 Å². The SMILES string of the molecule is CCOC1CC(NC(=O)OC(C)(C)C)C1NCC1CCC(C)O1. The predicted molar refractivity (Wildman–Crippen MR) is 88.5 cm³/mol. The van der Waals surface area contributed by atoms with Gasteiger partial charge in [-0.1, -0.05) is 0 Å². The first-order chi connectivity index (χ1) is 10.8. The Hall–Kier alpha value is -0.850. The molecular weight excluding hydrogens is 296 g/mol. The topological polar surface area (TPSA) is 68.8 Å². The predicted octanol–water partition coefficient (Wildman–Crippen LogP) is 2.21. The minimum Gasteiger partial charge on any atom is -0.444 e. The van der Waals surface area contributed by atoms with Crippen molar-refractivity contribution in [1.29, 1.82) is 0 Å². The van der Waals surface area contributed by atoms with Gasteiger partial charge in [-0.25, -0.2) is 4.79 Å². The molecule has 2 rings (SSSR count). The average molecular weight is 328 g/mol. The summed E-state index contributed by atoms with van der Waals surface area (Å²) in [6, 6.07) is 0.155. The molecule has 1 amide bonds. The zero-order valence-corrected chi connectivity index (χ0v) is 15.1. The van der Waals surface area contributed by atoms with Crippen LogP contribution in [0.1, 0.15) is 53.9 Å². The van der Waals surface area contributed by atoms with Crippen molar-refractivity contribution in [2.75, 3.05) is 13.2 Å². The first kappa shape index (κ1) is 18.5. The number of hydrogen-bond donors (Lipinski definition) is 2. The molecule has 2 N–H and O–H groups in total. The fourth-order valence-corrected chi connectivity index (χ4v) is 3.18. The Morgan fingerprint density at radius 1 is 1.30 bits per heavy atom. The smallest absolute Gasteiger partial charge is 0.407 e. The van der Waals surface area contributed by atoms with E-state index in [-0.39, 0.29) is 30.4 Å². The molecule has 0 aromatic heterocycles. The fourth-order valence-electron chi connectivity index (χ4n) is 3.18. The first-order valence-electron chi connectivity index (χ1n) is 8.78. The van der Waals surface area contributed by atoms with Gasteiger partial charge < -0.3 is 24.8 Å². The Bertz CT molecular complexity index is 397. The summed E-state index contributed by atoms with van der Waals surface area (Å²) >= 11 is 0. The summed E-state index contributed by atoms with van der Waals surface area (Å²) in [6.45, 7) is 11.2. The molecule has 1 saturated heterocycles. The lowest BCUT2D eigenvalue weighted by Gasteiger charge is -2.45. The monoisotopic (exact) mass is 328 g/mol. The summed E-state index contributed by atoms with van der Waals surface area (Å²) in [6.07, 6.45) is 3.40. The normalized spacial score (nSPS) is 34.0. The summed E-state index contributed by atoms with van der Waals surface area (Å²) in [5.74, 6) is 0. The molecule has 1 aliphatic heterocycles. The molecule has 6 nitrogen and oxygen atoms in total. The minimum absolute atomic E-state index is 0.0419. The van der Waals surface area contributed by atoms with Crippen LogP contribution in [0.15, 0.2) is 0 Å². The summed E-state index contributed by atoms with van der Waals surface area (Å²) < 4.78 is 16.9. The van der Waals surface area contributed by atoms with Gasteiger partial charge in [0.05, 0.1) is 30.4 Å². The molecule has 2 fully saturated rings. The van der Waals surface area contributed by atoms with E-state index in [1.165, 1.54) is 0 Å². The van der Waals surface area contributed by atoms with Gasteiger partial charge in [0, 0.05) is 13.2 Å². The number of amides is 1. The van der Waals surface area contributed by atoms with E-state index in [1.54, 1.807) is 0 Å². The molecule has 6 heteroatoms. The second-order valence-electron chi connectivity index (χ2n) is 7.56. The lowest BCUT2D eigenvalue weighted by Crippen LogP contribution is -2.67. The van der Waals surface area contributed by atoms with Crippen LogP contribution in [-0.2, 0) is 14.2 Å². The van der Waals surface area contributed by atoms with Crippen molar-refractivity contribution in [3.8, 4) is 0 Å². The highest BCUT2D eigenvalue weighted by atomic mass is 16.6. The fraction of sp³-hybridized carbons (Fsp3) is 0.941. The number of hydrogen-bond acceptors (Lipinski definition) is 5. The summed E-state index contributed by atoms with van der Waals surface area (Å²) in [7, 11) is 0. The molecular formula is C17H32N2O4. The number of ether oxygens (including phenoxy) is 3. The average Bonchev–Trinajstić information content (AvgIpc) is 2.81. The van der Waals surface area contributed by atoms with E-state index < -0.39 is 5.60 Å². The molecule has 0 spiro atoms. The van der Waals surface area contributed by atoms with Gasteiger partial charge in [-0.3, -0.25) is 0 Å². The molecule has 1 saturated carbocycles. The number of carbonyl (C=O) groups is 1. The Balaban J connectivity index is 1.80. The van der Waals surface area contributed by atoms with Crippen molar-refractivity contribution >= 4 is 6.09 Å². The maximum atomic E-state index is 11.9. The standard InChI is InChI=1S/C17H32N2O4/c1-6-21-14-9-13(19-16(20)23-17(3,4)5)15(14)18-10-12-8-7-11(2)22-12/h11-15,18H,6-10H2,1-5H3,(H,19,20). The van der Waals surface area contributed by atoms with E-state index in [9.17, 15) is 4.79 Å². The van der Waals surface area contributed by atoms with Crippen molar-refractivity contribution < 1.29 is 19.0 Å². The van der Waals surface area contributed by atoms with Gasteiger partial charge in [0.25, 0.3) is 0 Å². The molecule has 5 unspecified atom stereocenters. The molecule has 23 heavy (non-hydrogen) atoms. The Morgan fingerprint density at radius 3 is 2.61 bits per heavy atom. The van der Waals surface area contributed by atoms with Crippen molar-refractivity contribution in [2.24, 2.45) is 0 Å². The zero-order chi connectivity index (χ0) is 17.0. The highest BCUT2D eigenvalue weighted by Crippen LogP contribution is 2.26. The summed E-state index contributed by atoms with van der Waals surface area (Å²) in [4.78, 5) is 11.9. The summed E-state index contributed by atoms with van der Waals surface area (Å²) in [5, 5.41) is 6.47. The number of alkyl carbamates (subject to hydrolysis) is 1. The van der Waals surface area contributed by atoms with E-state index in [0.29, 0.717) is 12.7 Å². The van der Waals surface area contributed by atoms with Crippen LogP contribution < -0.4 is 10.6 Å². The number of carbonyl (C=O) groups excluding carboxylic acids is 1. The zero-order valence-electron chi connectivity index (χ0n) is 15.1. The largest absolute Gasteiger partial charge is 0.444 e. The van der Waals surface area contributed by atoms with E-state index in [2.05, 4.69) is 17.6 Å². The third kappa shape index (κ3) is 5.62. The highest BCUT2D eigenvalue weighted by Gasteiger charge is 2.43. The number of nitrogens with one attached hydrogen (secondary N) is 2. The lowest BCUT2D eigenvalue weighted by molar-refractivity contribution is -0.0477. The number of rotatable bonds is 6. The van der Waals surface area contributed by atoms with Crippen molar-refractivity contribution in [3.63, 3.8) is 0 Å². The molecule has 1 heterocycles. The third-order valence-electron chi connectivity index (χ3n) is 4.30. The Kier molecular flexibility index (Phi) is 6.28. The maximum absolute atomic E-state index is 11.9. The first-order valence-corrected chi connectivity index (χ1v) is 8.78. The Morgan fingerprint density at radius 2 is 2.04 bits per heavy atom. The molecule has 2 aliphatic rings. The second-order valence-corrected chi connectivity index (χ2v) is 7.56. The van der Waals surface area contributed by atoms with Gasteiger partial charge in [0.15, 0.2) is 0 Å². The highest BCUT2D eigenvalue weighted by molar-refractivity contribution is 5.68. The van der Waals surface area contributed by atoms with Crippen LogP contribution in [0.25, 0.3) is 0 Å². The Labute approximate surface area is 139 Å².